The van der Waals surface area contributed by atoms with Gasteiger partial charge in [-0.3, -0.25) is 0 Å². The summed E-state index contributed by atoms with van der Waals surface area (Å²) < 4.78 is 5.49. The van der Waals surface area contributed by atoms with Crippen molar-refractivity contribution >= 4 is 0 Å². The Balaban J connectivity index is 2.42. The van der Waals surface area contributed by atoms with Gasteiger partial charge in [0.25, 0.3) is 0 Å². The van der Waals surface area contributed by atoms with Crippen LogP contribution < -0.4 is 10.1 Å². The van der Waals surface area contributed by atoms with Crippen LogP contribution in [0.4, 0.5) is 0 Å². The van der Waals surface area contributed by atoms with Crippen LogP contribution in [-0.4, -0.2) is 13.7 Å². The molecule has 0 aliphatic heterocycles. The molecule has 0 heterocycles. The molecule has 0 fully saturated rings. The van der Waals surface area contributed by atoms with E-state index in [0.29, 0.717) is 6.61 Å². The van der Waals surface area contributed by atoms with E-state index in [1.165, 1.54) is 5.56 Å². The van der Waals surface area contributed by atoms with Crippen LogP contribution in [0.15, 0.2) is 36.9 Å². The number of nitrogens with one attached hydrogen (secondary N) is 1. The van der Waals surface area contributed by atoms with Crippen LogP contribution >= 0.6 is 0 Å². The van der Waals surface area contributed by atoms with Gasteiger partial charge in [0.15, 0.2) is 0 Å². The predicted octanol–water partition coefficient (Wildman–Crippen LogP) is 2.36. The second kappa shape index (κ2) is 6.22. The highest BCUT2D eigenvalue weighted by Crippen LogP contribution is 2.12. The molecule has 0 atom stereocenters. The van der Waals surface area contributed by atoms with E-state index in [9.17, 15) is 0 Å². The highest BCUT2D eigenvalue weighted by atomic mass is 16.5. The fourth-order valence-electron chi connectivity index (χ4n) is 1.17. The van der Waals surface area contributed by atoms with Crippen LogP contribution in [0.5, 0.6) is 5.75 Å². The molecule has 0 aliphatic carbocycles. The second-order valence-electron chi connectivity index (χ2n) is 3.10. The Kier molecular flexibility index (Phi) is 4.79. The first-order chi connectivity index (χ1) is 6.86. The van der Waals surface area contributed by atoms with E-state index in [0.717, 1.165) is 18.7 Å². The van der Waals surface area contributed by atoms with Gasteiger partial charge >= 0.3 is 0 Å². The maximum atomic E-state index is 5.49. The lowest BCUT2D eigenvalue weighted by atomic mass is 10.2. The van der Waals surface area contributed by atoms with Gasteiger partial charge < -0.3 is 10.1 Å². The Morgan fingerprint density at radius 2 is 2.07 bits per heavy atom. The summed E-state index contributed by atoms with van der Waals surface area (Å²) in [7, 11) is 1.94. The minimum absolute atomic E-state index is 0.703. The lowest BCUT2D eigenvalue weighted by Crippen LogP contribution is -2.04. The minimum atomic E-state index is 0.703. The Morgan fingerprint density at radius 3 is 2.64 bits per heavy atom. The molecule has 0 bridgehead atoms. The fraction of sp³-hybridized carbons (Fsp3) is 0.333. The summed E-state index contributed by atoms with van der Waals surface area (Å²) in [5, 5.41) is 3.10. The first-order valence-electron chi connectivity index (χ1n) is 4.84. The summed E-state index contributed by atoms with van der Waals surface area (Å²) in [6.07, 6.45) is 2.74. The van der Waals surface area contributed by atoms with Crippen molar-refractivity contribution < 1.29 is 4.74 Å². The molecule has 0 unspecified atom stereocenters. The zero-order valence-corrected chi connectivity index (χ0v) is 8.62. The SMILES string of the molecule is C=CCCOc1ccc(CNC)cc1. The third-order valence-electron chi connectivity index (χ3n) is 1.89. The first kappa shape index (κ1) is 10.8. The van der Waals surface area contributed by atoms with Gasteiger partial charge in [0, 0.05) is 6.54 Å². The monoisotopic (exact) mass is 191 g/mol. The molecule has 0 aliphatic rings. The molecule has 0 spiro atoms. The summed E-state index contributed by atoms with van der Waals surface area (Å²) >= 11 is 0. The molecule has 1 aromatic rings. The van der Waals surface area contributed by atoms with Crippen molar-refractivity contribution in [1.82, 2.24) is 5.32 Å². The minimum Gasteiger partial charge on any atom is -0.493 e. The first-order valence-corrected chi connectivity index (χ1v) is 4.84. The summed E-state index contributed by atoms with van der Waals surface area (Å²) in [6.45, 7) is 5.24. The van der Waals surface area contributed by atoms with Gasteiger partial charge in [-0.1, -0.05) is 18.2 Å². The standard InChI is InChI=1S/C12H17NO/c1-3-4-9-14-12-7-5-11(6-8-12)10-13-2/h3,5-8,13H,1,4,9-10H2,2H3. The average molecular weight is 191 g/mol. The normalized spacial score (nSPS) is 9.79. The van der Waals surface area contributed by atoms with E-state index in [1.807, 2.05) is 25.3 Å². The number of hydrogen-bond acceptors (Lipinski definition) is 2. The maximum Gasteiger partial charge on any atom is 0.119 e. The Bertz CT molecular complexity index is 266. The summed E-state index contributed by atoms with van der Waals surface area (Å²) in [5.74, 6) is 0.923. The van der Waals surface area contributed by atoms with Gasteiger partial charge in [-0.05, 0) is 31.2 Å². The Hall–Kier alpha value is -1.28. The molecular weight excluding hydrogens is 174 g/mol. The van der Waals surface area contributed by atoms with Gasteiger partial charge in [-0.25, -0.2) is 0 Å². The van der Waals surface area contributed by atoms with Crippen LogP contribution in [-0.2, 0) is 6.54 Å². The molecule has 2 nitrogen and oxygen atoms in total. The van der Waals surface area contributed by atoms with Crippen molar-refractivity contribution in [3.8, 4) is 5.75 Å². The molecular formula is C12H17NO. The lowest BCUT2D eigenvalue weighted by molar-refractivity contribution is 0.325. The number of rotatable bonds is 6. The van der Waals surface area contributed by atoms with Crippen LogP contribution in [0.2, 0.25) is 0 Å². The third kappa shape index (κ3) is 3.62. The van der Waals surface area contributed by atoms with Crippen molar-refractivity contribution in [2.24, 2.45) is 0 Å². The van der Waals surface area contributed by atoms with Gasteiger partial charge in [0.2, 0.25) is 0 Å². The summed E-state index contributed by atoms with van der Waals surface area (Å²) in [4.78, 5) is 0. The van der Waals surface area contributed by atoms with Gasteiger partial charge in [0.1, 0.15) is 5.75 Å². The van der Waals surface area contributed by atoms with E-state index in [-0.39, 0.29) is 0 Å². The average Bonchev–Trinajstić information content (AvgIpc) is 2.21. The molecule has 1 aromatic carbocycles. The van der Waals surface area contributed by atoms with Crippen molar-refractivity contribution in [3.63, 3.8) is 0 Å². The van der Waals surface area contributed by atoms with Crippen molar-refractivity contribution in [2.75, 3.05) is 13.7 Å². The molecule has 1 rings (SSSR count). The van der Waals surface area contributed by atoms with Crippen LogP contribution in [0.3, 0.4) is 0 Å². The smallest absolute Gasteiger partial charge is 0.119 e. The van der Waals surface area contributed by atoms with E-state index >= 15 is 0 Å². The van der Waals surface area contributed by atoms with E-state index in [1.54, 1.807) is 0 Å². The van der Waals surface area contributed by atoms with E-state index < -0.39 is 0 Å². The molecule has 2 heteroatoms. The Labute approximate surface area is 85.6 Å². The van der Waals surface area contributed by atoms with Gasteiger partial charge in [0.05, 0.1) is 6.61 Å². The molecule has 0 saturated carbocycles. The lowest BCUT2D eigenvalue weighted by Gasteiger charge is -2.05. The summed E-state index contributed by atoms with van der Waals surface area (Å²) in [6, 6.07) is 8.13. The van der Waals surface area contributed by atoms with Crippen molar-refractivity contribution in [3.05, 3.63) is 42.5 Å². The third-order valence-corrected chi connectivity index (χ3v) is 1.89. The topological polar surface area (TPSA) is 21.3 Å². The number of hydrogen-bond donors (Lipinski definition) is 1. The molecule has 0 radical (unpaired) electrons. The van der Waals surface area contributed by atoms with Crippen molar-refractivity contribution in [1.29, 1.82) is 0 Å². The second-order valence-corrected chi connectivity index (χ2v) is 3.10. The fourth-order valence-corrected chi connectivity index (χ4v) is 1.17. The highest BCUT2D eigenvalue weighted by molar-refractivity contribution is 5.27. The maximum absolute atomic E-state index is 5.49. The van der Waals surface area contributed by atoms with E-state index in [2.05, 4.69) is 24.0 Å². The van der Waals surface area contributed by atoms with E-state index in [4.69, 9.17) is 4.74 Å². The Morgan fingerprint density at radius 1 is 1.36 bits per heavy atom. The quantitative estimate of drug-likeness (QED) is 0.550. The molecule has 14 heavy (non-hydrogen) atoms. The van der Waals surface area contributed by atoms with Crippen LogP contribution in [0.1, 0.15) is 12.0 Å². The van der Waals surface area contributed by atoms with Crippen molar-refractivity contribution in [2.45, 2.75) is 13.0 Å². The number of benzene rings is 1. The zero-order chi connectivity index (χ0) is 10.2. The molecule has 0 aromatic heterocycles. The largest absolute Gasteiger partial charge is 0.493 e. The molecule has 1 N–H and O–H groups in total. The predicted molar refractivity (Wildman–Crippen MR) is 59.5 cm³/mol. The molecule has 0 amide bonds. The number of ether oxygens (including phenoxy) is 1. The molecule has 0 saturated heterocycles. The van der Waals surface area contributed by atoms with Gasteiger partial charge in [-0.2, -0.15) is 0 Å². The molecule has 76 valence electrons. The summed E-state index contributed by atoms with van der Waals surface area (Å²) in [5.41, 5.74) is 1.27. The van der Waals surface area contributed by atoms with Crippen LogP contribution in [0, 0.1) is 0 Å². The van der Waals surface area contributed by atoms with Crippen LogP contribution in [0.25, 0.3) is 0 Å². The highest BCUT2D eigenvalue weighted by Gasteiger charge is 1.93. The van der Waals surface area contributed by atoms with Gasteiger partial charge in [-0.15, -0.1) is 6.58 Å². The zero-order valence-electron chi connectivity index (χ0n) is 8.62.